The minimum Gasteiger partial charge on any atom is -0.375 e. The molecule has 1 aliphatic heterocycles. The van der Waals surface area contributed by atoms with Crippen LogP contribution in [0.5, 0.6) is 0 Å². The molecular formula is C13H22F2N2O2. The Morgan fingerprint density at radius 2 is 2.26 bits per heavy atom. The first-order valence-corrected chi connectivity index (χ1v) is 7.00. The minimum absolute atomic E-state index is 0.0618. The number of alkyl halides is 2. The van der Waals surface area contributed by atoms with E-state index in [0.717, 1.165) is 19.4 Å². The van der Waals surface area contributed by atoms with Gasteiger partial charge in [-0.05, 0) is 38.6 Å². The summed E-state index contributed by atoms with van der Waals surface area (Å²) in [7, 11) is 0. The maximum atomic E-state index is 11.8. The summed E-state index contributed by atoms with van der Waals surface area (Å²) in [6.45, 7) is 0.406. The standard InChI is InChI=1S/C13H22F2N2O2/c14-11(15)9-19-7-3-12(18)17-10-2-6-16-13(8-10)4-1-5-13/h10-11,16H,1-9H2,(H,17,18). The second-order valence-corrected chi connectivity index (χ2v) is 5.53. The zero-order valence-corrected chi connectivity index (χ0v) is 11.1. The lowest BCUT2D eigenvalue weighted by molar-refractivity contribution is -0.123. The average molecular weight is 276 g/mol. The molecule has 4 nitrogen and oxygen atoms in total. The van der Waals surface area contributed by atoms with Gasteiger partial charge < -0.3 is 15.4 Å². The molecule has 0 aromatic carbocycles. The number of hydrogen-bond acceptors (Lipinski definition) is 3. The first kappa shape index (κ1) is 14.7. The Balaban J connectivity index is 1.62. The fraction of sp³-hybridized carbons (Fsp3) is 0.923. The van der Waals surface area contributed by atoms with Gasteiger partial charge in [-0.15, -0.1) is 0 Å². The van der Waals surface area contributed by atoms with E-state index in [1.807, 2.05) is 0 Å². The number of carbonyl (C=O) groups is 1. The summed E-state index contributed by atoms with van der Waals surface area (Å²) in [5, 5.41) is 6.52. The van der Waals surface area contributed by atoms with Crippen LogP contribution < -0.4 is 10.6 Å². The molecule has 1 aliphatic carbocycles. The summed E-state index contributed by atoms with van der Waals surface area (Å²) < 4.78 is 28.4. The van der Waals surface area contributed by atoms with Crippen molar-refractivity contribution in [3.05, 3.63) is 0 Å². The van der Waals surface area contributed by atoms with Gasteiger partial charge in [-0.3, -0.25) is 4.79 Å². The van der Waals surface area contributed by atoms with Crippen molar-refractivity contribution in [2.45, 2.75) is 56.5 Å². The van der Waals surface area contributed by atoms with Crippen LogP contribution in [-0.4, -0.2) is 43.7 Å². The molecule has 0 aromatic heterocycles. The molecule has 2 N–H and O–H groups in total. The predicted octanol–water partition coefficient (Wildman–Crippen LogP) is 1.45. The Hall–Kier alpha value is -0.750. The van der Waals surface area contributed by atoms with Gasteiger partial charge in [0.1, 0.15) is 6.61 Å². The van der Waals surface area contributed by atoms with Gasteiger partial charge >= 0.3 is 0 Å². The Morgan fingerprint density at radius 3 is 2.89 bits per heavy atom. The Bertz CT molecular complexity index is 309. The van der Waals surface area contributed by atoms with E-state index in [9.17, 15) is 13.6 Å². The van der Waals surface area contributed by atoms with E-state index >= 15 is 0 Å². The summed E-state index contributed by atoms with van der Waals surface area (Å²) in [6, 6.07) is 0.212. The van der Waals surface area contributed by atoms with Crippen molar-refractivity contribution < 1.29 is 18.3 Å². The number of piperidine rings is 1. The maximum Gasteiger partial charge on any atom is 0.261 e. The van der Waals surface area contributed by atoms with E-state index in [4.69, 9.17) is 4.74 Å². The smallest absolute Gasteiger partial charge is 0.261 e. The molecule has 1 saturated carbocycles. The Labute approximate surface area is 112 Å². The lowest BCUT2D eigenvalue weighted by atomic mass is 9.70. The summed E-state index contributed by atoms with van der Waals surface area (Å²) >= 11 is 0. The molecule has 1 heterocycles. The van der Waals surface area contributed by atoms with E-state index in [-0.39, 0.29) is 30.5 Å². The third kappa shape index (κ3) is 4.38. The first-order chi connectivity index (χ1) is 9.10. The van der Waals surface area contributed by atoms with Crippen molar-refractivity contribution in [1.82, 2.24) is 10.6 Å². The fourth-order valence-corrected chi connectivity index (χ4v) is 2.90. The lowest BCUT2D eigenvalue weighted by Gasteiger charge is -2.48. The third-order valence-electron chi connectivity index (χ3n) is 4.02. The summed E-state index contributed by atoms with van der Waals surface area (Å²) in [5.41, 5.74) is 0.252. The Morgan fingerprint density at radius 1 is 1.47 bits per heavy atom. The molecule has 1 spiro atoms. The van der Waals surface area contributed by atoms with Gasteiger partial charge in [-0.2, -0.15) is 0 Å². The number of halogens is 2. The lowest BCUT2D eigenvalue weighted by Crippen LogP contribution is -2.59. The maximum absolute atomic E-state index is 11.8. The van der Waals surface area contributed by atoms with Crippen LogP contribution in [0.15, 0.2) is 0 Å². The summed E-state index contributed by atoms with van der Waals surface area (Å²) in [6.07, 6.45) is 3.25. The van der Waals surface area contributed by atoms with Gasteiger partial charge in [0.2, 0.25) is 5.91 Å². The quantitative estimate of drug-likeness (QED) is 0.722. The zero-order valence-electron chi connectivity index (χ0n) is 11.1. The molecule has 110 valence electrons. The van der Waals surface area contributed by atoms with Gasteiger partial charge in [-0.1, -0.05) is 0 Å². The predicted molar refractivity (Wildman–Crippen MR) is 67.2 cm³/mol. The number of rotatable bonds is 6. The number of nitrogens with one attached hydrogen (secondary N) is 2. The van der Waals surface area contributed by atoms with E-state index in [2.05, 4.69) is 10.6 Å². The molecule has 19 heavy (non-hydrogen) atoms. The second kappa shape index (κ2) is 6.61. The Kier molecular flexibility index (Phi) is 5.10. The topological polar surface area (TPSA) is 50.4 Å². The van der Waals surface area contributed by atoms with Gasteiger partial charge in [0, 0.05) is 18.0 Å². The normalized spacial score (nSPS) is 25.3. The first-order valence-electron chi connectivity index (χ1n) is 7.00. The van der Waals surface area contributed by atoms with Crippen molar-refractivity contribution in [2.24, 2.45) is 0 Å². The van der Waals surface area contributed by atoms with Crippen molar-refractivity contribution in [1.29, 1.82) is 0 Å². The molecule has 1 atom stereocenters. The van der Waals surface area contributed by atoms with Crippen LogP contribution in [0, 0.1) is 0 Å². The van der Waals surface area contributed by atoms with Crippen LogP contribution in [-0.2, 0) is 9.53 Å². The molecule has 0 aromatic rings. The highest BCUT2D eigenvalue weighted by molar-refractivity contribution is 5.76. The monoisotopic (exact) mass is 276 g/mol. The fourth-order valence-electron chi connectivity index (χ4n) is 2.90. The molecule has 1 unspecified atom stereocenters. The van der Waals surface area contributed by atoms with Crippen molar-refractivity contribution in [2.75, 3.05) is 19.8 Å². The molecule has 2 fully saturated rings. The SMILES string of the molecule is O=C(CCOCC(F)F)NC1CCNC2(CCC2)C1. The summed E-state index contributed by atoms with van der Waals surface area (Å²) in [5.74, 6) is -0.101. The van der Waals surface area contributed by atoms with Crippen LogP contribution in [0.2, 0.25) is 0 Å². The van der Waals surface area contributed by atoms with E-state index < -0.39 is 13.0 Å². The molecule has 2 aliphatic rings. The molecule has 1 saturated heterocycles. The van der Waals surface area contributed by atoms with Gasteiger partial charge in [0.15, 0.2) is 0 Å². The van der Waals surface area contributed by atoms with Gasteiger partial charge in [0.05, 0.1) is 6.61 Å². The number of carbonyl (C=O) groups excluding carboxylic acids is 1. The van der Waals surface area contributed by atoms with Crippen LogP contribution in [0.1, 0.15) is 38.5 Å². The van der Waals surface area contributed by atoms with E-state index in [1.54, 1.807) is 0 Å². The largest absolute Gasteiger partial charge is 0.375 e. The molecule has 0 radical (unpaired) electrons. The number of ether oxygens (including phenoxy) is 1. The van der Waals surface area contributed by atoms with Crippen LogP contribution in [0.25, 0.3) is 0 Å². The number of amides is 1. The minimum atomic E-state index is -2.47. The summed E-state index contributed by atoms with van der Waals surface area (Å²) in [4.78, 5) is 11.7. The molecule has 0 bridgehead atoms. The average Bonchev–Trinajstić information content (AvgIpc) is 2.33. The van der Waals surface area contributed by atoms with Crippen LogP contribution in [0.4, 0.5) is 8.78 Å². The van der Waals surface area contributed by atoms with Crippen LogP contribution >= 0.6 is 0 Å². The highest BCUT2D eigenvalue weighted by Gasteiger charge is 2.41. The van der Waals surface area contributed by atoms with Crippen molar-refractivity contribution >= 4 is 5.91 Å². The highest BCUT2D eigenvalue weighted by Crippen LogP contribution is 2.38. The van der Waals surface area contributed by atoms with Gasteiger partial charge in [0.25, 0.3) is 6.43 Å². The number of hydrogen-bond donors (Lipinski definition) is 2. The molecule has 1 amide bonds. The van der Waals surface area contributed by atoms with E-state index in [0.29, 0.717) is 0 Å². The van der Waals surface area contributed by atoms with Crippen molar-refractivity contribution in [3.8, 4) is 0 Å². The molecule has 2 rings (SSSR count). The highest BCUT2D eigenvalue weighted by atomic mass is 19.3. The second-order valence-electron chi connectivity index (χ2n) is 5.53. The molecular weight excluding hydrogens is 254 g/mol. The van der Waals surface area contributed by atoms with E-state index in [1.165, 1.54) is 19.3 Å². The third-order valence-corrected chi connectivity index (χ3v) is 4.02. The van der Waals surface area contributed by atoms with Crippen molar-refractivity contribution in [3.63, 3.8) is 0 Å². The molecule has 6 heteroatoms. The zero-order chi connectivity index (χ0) is 13.7. The van der Waals surface area contributed by atoms with Gasteiger partial charge in [-0.25, -0.2) is 8.78 Å². The van der Waals surface area contributed by atoms with Crippen LogP contribution in [0.3, 0.4) is 0 Å².